The number of nitrogens with one attached hydrogen (secondary N) is 6. The Labute approximate surface area is 557 Å². The Balaban J connectivity index is 1.27. The molecule has 8 atom stereocenters. The predicted octanol–water partition coefficient (Wildman–Crippen LogP) is 4.17. The smallest absolute Gasteiger partial charge is 0.326 e. The second-order valence-electron chi connectivity index (χ2n) is 23.9. The molecule has 3 aromatic carbocycles. The number of amides is 8. The zero-order chi connectivity index (χ0) is 67.6. The number of likely N-dealkylation sites (tertiary alicyclic amines) is 1. The number of nitrogens with zero attached hydrogens (tertiary/aromatic N) is 2. The summed E-state index contributed by atoms with van der Waals surface area (Å²) in [5.74, 6) is -11.4. The van der Waals surface area contributed by atoms with Gasteiger partial charge in [0.2, 0.25) is 47.3 Å². The van der Waals surface area contributed by atoms with E-state index in [4.69, 9.17) is 11.5 Å². The summed E-state index contributed by atoms with van der Waals surface area (Å²) in [6, 6.07) is 12.2. The molecule has 1 saturated heterocycles. The van der Waals surface area contributed by atoms with Crippen LogP contribution in [-0.2, 0) is 72.1 Å². The van der Waals surface area contributed by atoms with Crippen LogP contribution in [-0.4, -0.2) is 174 Å². The van der Waals surface area contributed by atoms with E-state index >= 15 is 0 Å². The highest BCUT2D eigenvalue weighted by molar-refractivity contribution is 9.11. The van der Waals surface area contributed by atoms with E-state index in [1.807, 2.05) is 12.1 Å². The van der Waals surface area contributed by atoms with Crippen molar-refractivity contribution in [3.8, 4) is 0 Å². The fraction of sp³-hybridized carbons (Fsp3) is 0.547. The standard InChI is InChI=1S/C64H88Br2N10O15S/c1-37(2)28-51(64(90)91)74-59(85)47(23-24-54(79)80)70-62(88)50(33-55(81)82)73-58(84)46(18-10-11-25-67)69-60(86)49(30-40-16-8-5-9-17-40)72-61(87)48(29-39-14-6-4-7-15-39)71-57(83)38(3)36-92-52-34-53(78)76(63(52)89)27-13-12-26-75(43-19-21-44(77)22-20-43)35-41-31-42(65)32-45(66)56(41)68/h4-9,14-17,31-32,37-38,43-44,46-52,77H,10-13,18-30,33-36,67-68H2,1-3H3,(H,69,86)(H,70,88)(H,71,83)(H,72,87)(H,73,84)(H,74,85)(H,79,80)(H,81,82)(H,90,91). The summed E-state index contributed by atoms with van der Waals surface area (Å²) in [4.78, 5) is 152. The first kappa shape index (κ1) is 75.7. The molecule has 92 heavy (non-hydrogen) atoms. The lowest BCUT2D eigenvalue weighted by molar-refractivity contribution is -0.144. The van der Waals surface area contributed by atoms with E-state index < -0.39 is 120 Å². The van der Waals surface area contributed by atoms with Gasteiger partial charge in [-0.25, -0.2) is 4.79 Å². The van der Waals surface area contributed by atoms with E-state index in [1.54, 1.807) is 81.4 Å². The first-order valence-electron chi connectivity index (χ1n) is 31.1. The van der Waals surface area contributed by atoms with Gasteiger partial charge < -0.3 is 63.8 Å². The first-order valence-corrected chi connectivity index (χ1v) is 33.7. The minimum absolute atomic E-state index is 0.0187. The Morgan fingerprint density at radius 2 is 1.17 bits per heavy atom. The van der Waals surface area contributed by atoms with Gasteiger partial charge in [-0.15, -0.1) is 11.8 Å². The molecule has 0 spiro atoms. The average Bonchev–Trinajstić information content (AvgIpc) is 1.51. The van der Waals surface area contributed by atoms with E-state index in [0.717, 1.165) is 27.4 Å². The predicted molar refractivity (Wildman–Crippen MR) is 352 cm³/mol. The molecule has 1 saturated carbocycles. The molecule has 3 aromatic rings. The number of aliphatic carboxylic acids is 3. The van der Waals surface area contributed by atoms with Crippen LogP contribution in [0, 0.1) is 11.8 Å². The number of carbonyl (C=O) groups excluding carboxylic acids is 8. The van der Waals surface area contributed by atoms with Gasteiger partial charge >= 0.3 is 17.9 Å². The number of thioether (sulfide) groups is 1. The Bertz CT molecular complexity index is 3020. The molecule has 8 amide bonds. The van der Waals surface area contributed by atoms with E-state index in [9.17, 15) is 73.2 Å². The molecule has 0 bridgehead atoms. The Morgan fingerprint density at radius 3 is 1.72 bits per heavy atom. The van der Waals surface area contributed by atoms with Crippen molar-refractivity contribution in [1.29, 1.82) is 0 Å². The van der Waals surface area contributed by atoms with E-state index in [2.05, 4.69) is 68.7 Å². The summed E-state index contributed by atoms with van der Waals surface area (Å²) in [6.07, 6.45) is 1.99. The monoisotopic (exact) mass is 1430 g/mol. The normalized spacial score (nSPS) is 18.0. The van der Waals surface area contributed by atoms with Crippen molar-refractivity contribution in [2.75, 3.05) is 31.1 Å². The maximum Gasteiger partial charge on any atom is 0.326 e. The number of benzene rings is 3. The summed E-state index contributed by atoms with van der Waals surface area (Å²) in [5.41, 5.74) is 15.1. The van der Waals surface area contributed by atoms with Gasteiger partial charge in [0.1, 0.15) is 36.3 Å². The number of unbranched alkanes of at least 4 members (excludes halogenated alkanes) is 2. The minimum atomic E-state index is -1.92. The third-order valence-corrected chi connectivity index (χ3v) is 18.6. The largest absolute Gasteiger partial charge is 0.481 e. The lowest BCUT2D eigenvalue weighted by Gasteiger charge is -2.36. The van der Waals surface area contributed by atoms with Gasteiger partial charge in [0.15, 0.2) is 0 Å². The maximum absolute atomic E-state index is 14.7. The van der Waals surface area contributed by atoms with Gasteiger partial charge in [0.25, 0.3) is 0 Å². The Kier molecular flexibility index (Phi) is 31.5. The van der Waals surface area contributed by atoms with Gasteiger partial charge in [0.05, 0.1) is 23.5 Å². The third kappa shape index (κ3) is 25.1. The number of carboxylic acid groups (broad SMARTS) is 3. The first-order chi connectivity index (χ1) is 43.7. The van der Waals surface area contributed by atoms with Gasteiger partial charge in [0, 0.05) is 65.4 Å². The van der Waals surface area contributed by atoms with Gasteiger partial charge in [-0.1, -0.05) is 97.4 Å². The molecule has 2 aliphatic rings. The second kappa shape index (κ2) is 38.3. The molecule has 25 nitrogen and oxygen atoms in total. The number of hydrogen-bond donors (Lipinski definition) is 12. The number of nitrogen functional groups attached to an aromatic ring is 1. The number of imide groups is 1. The molecule has 28 heteroatoms. The maximum atomic E-state index is 14.7. The van der Waals surface area contributed by atoms with Gasteiger partial charge in [-0.2, -0.15) is 0 Å². The zero-order valence-electron chi connectivity index (χ0n) is 52.1. The lowest BCUT2D eigenvalue weighted by Crippen LogP contribution is -2.60. The zero-order valence-corrected chi connectivity index (χ0v) is 56.1. The molecule has 0 radical (unpaired) electrons. The van der Waals surface area contributed by atoms with Crippen LogP contribution >= 0.6 is 43.6 Å². The highest BCUT2D eigenvalue weighted by Gasteiger charge is 2.40. The fourth-order valence-electron chi connectivity index (χ4n) is 10.9. The number of nitrogens with two attached hydrogens (primary N) is 2. The van der Waals surface area contributed by atoms with Crippen molar-refractivity contribution in [3.05, 3.63) is 98.4 Å². The number of anilines is 1. The summed E-state index contributed by atoms with van der Waals surface area (Å²) in [6.45, 7) is 6.72. The molecule has 1 heterocycles. The van der Waals surface area contributed by atoms with Crippen LogP contribution in [0.15, 0.2) is 81.7 Å². The number of carbonyl (C=O) groups is 11. The van der Waals surface area contributed by atoms with Gasteiger partial charge in [-0.3, -0.25) is 57.7 Å². The van der Waals surface area contributed by atoms with Crippen LogP contribution in [0.2, 0.25) is 0 Å². The quantitative estimate of drug-likeness (QED) is 0.0217. The number of rotatable bonds is 39. The molecule has 504 valence electrons. The highest BCUT2D eigenvalue weighted by atomic mass is 79.9. The van der Waals surface area contributed by atoms with Crippen LogP contribution in [0.1, 0.15) is 127 Å². The summed E-state index contributed by atoms with van der Waals surface area (Å²) in [7, 11) is 0. The van der Waals surface area contributed by atoms with Crippen LogP contribution in [0.5, 0.6) is 0 Å². The lowest BCUT2D eigenvalue weighted by atomic mass is 9.91. The molecule has 2 fully saturated rings. The SMILES string of the molecule is CC(C)CC(NC(=O)C(CCC(=O)O)NC(=O)C(CC(=O)O)NC(=O)C(CCCCN)NC(=O)C(Cc1ccccc1)NC(=O)C(Cc1ccccc1)NC(=O)C(C)CSC1CC(=O)N(CCCCN(Cc2cc(Br)cc(Br)c2N)C2CCC(O)CC2)C1=O)C(=O)O. The van der Waals surface area contributed by atoms with Crippen molar-refractivity contribution in [2.45, 2.75) is 184 Å². The Morgan fingerprint density at radius 1 is 0.652 bits per heavy atom. The minimum Gasteiger partial charge on any atom is -0.481 e. The molecule has 0 aromatic heterocycles. The number of aliphatic hydroxyl groups excluding tert-OH is 1. The third-order valence-electron chi connectivity index (χ3n) is 16.0. The summed E-state index contributed by atoms with van der Waals surface area (Å²) < 4.78 is 1.67. The van der Waals surface area contributed by atoms with Crippen molar-refractivity contribution >= 4 is 114 Å². The van der Waals surface area contributed by atoms with Crippen LogP contribution in [0.4, 0.5) is 5.69 Å². The number of carboxylic acids is 3. The molecular formula is C64H88Br2N10O15S. The highest BCUT2D eigenvalue weighted by Crippen LogP contribution is 2.32. The summed E-state index contributed by atoms with van der Waals surface area (Å²) >= 11 is 8.29. The molecule has 14 N–H and O–H groups in total. The van der Waals surface area contributed by atoms with Crippen molar-refractivity contribution in [1.82, 2.24) is 41.7 Å². The second-order valence-corrected chi connectivity index (χ2v) is 26.9. The van der Waals surface area contributed by atoms with Crippen LogP contribution in [0.3, 0.4) is 0 Å². The van der Waals surface area contributed by atoms with E-state index in [-0.39, 0.29) is 87.2 Å². The molecule has 1 aliphatic carbocycles. The van der Waals surface area contributed by atoms with Gasteiger partial charge in [-0.05, 0) is 134 Å². The number of hydrogen-bond acceptors (Lipinski definition) is 16. The molecule has 8 unspecified atom stereocenters. The van der Waals surface area contributed by atoms with E-state index in [1.165, 1.54) is 16.7 Å². The van der Waals surface area contributed by atoms with Crippen molar-refractivity contribution < 1.29 is 73.2 Å². The molecular weight excluding hydrogens is 1340 g/mol. The van der Waals surface area contributed by atoms with Crippen LogP contribution < -0.4 is 43.4 Å². The number of aliphatic hydroxyl groups is 1. The Hall–Kier alpha value is -6.98. The molecule has 5 rings (SSSR count). The average molecular weight is 1430 g/mol. The number of halogens is 2. The van der Waals surface area contributed by atoms with Crippen LogP contribution in [0.25, 0.3) is 0 Å². The molecule has 1 aliphatic heterocycles. The van der Waals surface area contributed by atoms with Crippen molar-refractivity contribution in [2.24, 2.45) is 17.6 Å². The fourth-order valence-corrected chi connectivity index (χ4v) is 13.4. The summed E-state index contributed by atoms with van der Waals surface area (Å²) in [5, 5.41) is 53.7. The topological polar surface area (TPSA) is 399 Å². The van der Waals surface area contributed by atoms with Crippen molar-refractivity contribution in [3.63, 3.8) is 0 Å². The van der Waals surface area contributed by atoms with E-state index in [0.29, 0.717) is 62.0 Å².